The monoisotopic (exact) mass is 1560 g/mol. The molecule has 0 bridgehead atoms. The Bertz CT molecular complexity index is 4060. The van der Waals surface area contributed by atoms with Crippen LogP contribution in [-0.2, 0) is 59.2 Å². The lowest BCUT2D eigenvalue weighted by Crippen LogP contribution is -2.61. The normalized spacial score (nSPS) is 15.3. The smallest absolute Gasteiger partial charge is 0.407 e. The second-order valence-corrected chi connectivity index (χ2v) is 25.8. The van der Waals surface area contributed by atoms with Crippen molar-refractivity contribution in [2.75, 3.05) is 51.4 Å². The number of primary amides is 1. The molecule has 1 fully saturated rings. The highest BCUT2D eigenvalue weighted by Gasteiger charge is 2.45. The number of alkyl carbamates (subject to hydrolysis) is 1. The van der Waals surface area contributed by atoms with E-state index in [2.05, 4.69) is 191 Å². The van der Waals surface area contributed by atoms with E-state index < -0.39 is 129 Å². The van der Waals surface area contributed by atoms with E-state index in [0.717, 1.165) is 44.9 Å². The fourth-order valence-electron chi connectivity index (χ4n) is 10.3. The third-order valence-electron chi connectivity index (χ3n) is 16.2. The number of aliphatic hydroxyl groups is 5. The standard InChI is InChI=1S/C85H105N9O19/c1-6-8-10-12-14-16-18-20-21-22-23-24-25-26-27-28-29-30-31-33-35-37-39-44-50-72(96)91-69(77(101)70(95)49-43-38-36-34-32-19-17-15-13-11-9-7-2)61-110-83-80(104)79(103)78(102)71(113-83)59-89-85(108)111-60-66-52-54-67(55-53-66)90-81(105)68(48-46-56-88-84(86)107)92-82(106)76(64(3)4)93-73(97)51-45-41-40-42-47-65(5)94-112-62-74(98)87-57-58-109-63-75(99)100/h52-55,64,68-71,76-80,83,95,101-104H,7,9,11,13,15,17,19,32,34,36,38,40-43,45-51,56-63H2,1-5H3,(H,87,98)(H,89,108)(H,90,105)(H,91,96)(H,92,106)(H,93,97)(H,99,100)(H3,86,88,107)/b94-65+/t68-,69-,70+,71?,76-,77-,78-,79-,80?,83-/m0/s1. The number of hydrogen-bond acceptors (Lipinski definition) is 19. The quantitative estimate of drug-likeness (QED) is 0.0192. The predicted molar refractivity (Wildman–Crippen MR) is 423 cm³/mol. The van der Waals surface area contributed by atoms with Gasteiger partial charge in [-0.15, -0.1) is 0 Å². The van der Waals surface area contributed by atoms with Crippen LogP contribution in [0, 0.1) is 148 Å². The van der Waals surface area contributed by atoms with Gasteiger partial charge in [-0.05, 0) is 171 Å². The highest BCUT2D eigenvalue weighted by atomic mass is 16.7. The van der Waals surface area contributed by atoms with Gasteiger partial charge in [-0.1, -0.05) is 140 Å². The van der Waals surface area contributed by atoms with E-state index in [-0.39, 0.29) is 70.4 Å². The fourth-order valence-corrected chi connectivity index (χ4v) is 10.3. The van der Waals surface area contributed by atoms with Gasteiger partial charge < -0.3 is 97.4 Å². The number of aliphatic hydroxyl groups excluding tert-OH is 5. The van der Waals surface area contributed by atoms with Crippen molar-refractivity contribution in [2.24, 2.45) is 16.8 Å². The molecular weight excluding hydrogens is 1450 g/mol. The van der Waals surface area contributed by atoms with Crippen LogP contribution < -0.4 is 43.0 Å². The van der Waals surface area contributed by atoms with Gasteiger partial charge in [0.05, 0.1) is 37.5 Å². The van der Waals surface area contributed by atoms with Gasteiger partial charge in [0.2, 0.25) is 23.6 Å². The third-order valence-corrected chi connectivity index (χ3v) is 16.2. The lowest BCUT2D eigenvalue weighted by molar-refractivity contribution is -0.297. The van der Waals surface area contributed by atoms with Crippen molar-refractivity contribution in [3.05, 3.63) is 29.8 Å². The molecule has 113 heavy (non-hydrogen) atoms. The van der Waals surface area contributed by atoms with Crippen LogP contribution in [0.2, 0.25) is 0 Å². The summed E-state index contributed by atoms with van der Waals surface area (Å²) in [6.45, 7) is 7.22. The molecule has 10 atom stereocenters. The minimum Gasteiger partial charge on any atom is -0.480 e. The summed E-state index contributed by atoms with van der Waals surface area (Å²) < 4.78 is 21.9. The lowest BCUT2D eigenvalue weighted by atomic mass is 9.98. The Morgan fingerprint density at radius 3 is 1.66 bits per heavy atom. The number of carboxylic acids is 1. The number of nitrogens with zero attached hydrogens (tertiary/aromatic N) is 1. The van der Waals surface area contributed by atoms with Crippen LogP contribution in [0.25, 0.3) is 0 Å². The Kier molecular flexibility index (Phi) is 54.5. The molecule has 2 unspecified atom stereocenters. The van der Waals surface area contributed by atoms with Crippen LogP contribution in [0.3, 0.4) is 0 Å². The molecule has 1 aliphatic rings. The summed E-state index contributed by atoms with van der Waals surface area (Å²) >= 11 is 0. The van der Waals surface area contributed by atoms with Gasteiger partial charge in [0.15, 0.2) is 12.9 Å². The number of hydrogen-bond donors (Lipinski definition) is 14. The molecule has 1 aromatic carbocycles. The Labute approximate surface area is 664 Å². The van der Waals surface area contributed by atoms with E-state index in [1.54, 1.807) is 39.8 Å². The number of urea groups is 1. The zero-order valence-electron chi connectivity index (χ0n) is 64.9. The van der Waals surface area contributed by atoms with E-state index in [1.807, 2.05) is 0 Å². The molecule has 0 aliphatic carbocycles. The number of anilines is 1. The molecule has 1 aromatic rings. The van der Waals surface area contributed by atoms with Gasteiger partial charge in [-0.2, -0.15) is 0 Å². The molecule has 28 nitrogen and oxygen atoms in total. The van der Waals surface area contributed by atoms with Crippen LogP contribution in [0.15, 0.2) is 29.4 Å². The maximum absolute atomic E-state index is 13.8. The molecule has 28 heteroatoms. The van der Waals surface area contributed by atoms with Crippen molar-refractivity contribution < 1.29 is 92.8 Å². The lowest BCUT2D eigenvalue weighted by Gasteiger charge is -2.41. The Hall–Kier alpha value is -11.5. The van der Waals surface area contributed by atoms with Crippen LogP contribution >= 0.6 is 0 Å². The summed E-state index contributed by atoms with van der Waals surface area (Å²) in [5.41, 5.74) is 6.67. The highest BCUT2D eigenvalue weighted by Crippen LogP contribution is 2.24. The Balaban J connectivity index is 2.04. The van der Waals surface area contributed by atoms with Crippen LogP contribution in [-0.4, -0.2) is 191 Å². The Morgan fingerprint density at radius 2 is 1.12 bits per heavy atom. The van der Waals surface area contributed by atoms with Crippen molar-refractivity contribution in [1.29, 1.82) is 0 Å². The first-order valence-electron chi connectivity index (χ1n) is 37.6. The first-order valence-corrected chi connectivity index (χ1v) is 37.6. The van der Waals surface area contributed by atoms with Gasteiger partial charge in [0.25, 0.3) is 5.91 Å². The van der Waals surface area contributed by atoms with E-state index >= 15 is 0 Å². The number of unbranched alkanes of at least 4 members (excludes halogenated alkanes) is 14. The maximum Gasteiger partial charge on any atom is 0.407 e. The van der Waals surface area contributed by atoms with Crippen molar-refractivity contribution >= 4 is 59.0 Å². The summed E-state index contributed by atoms with van der Waals surface area (Å²) in [4.78, 5) is 106. The van der Waals surface area contributed by atoms with Gasteiger partial charge in [-0.3, -0.25) is 24.0 Å². The number of carbonyl (C=O) groups excluding carboxylic acids is 7. The highest BCUT2D eigenvalue weighted by molar-refractivity contribution is 5.98. The summed E-state index contributed by atoms with van der Waals surface area (Å²) in [6.07, 6.45) is 4.11. The molecule has 8 amide bonds. The average molecular weight is 1560 g/mol. The minimum absolute atomic E-state index is 0.0328. The molecule has 0 aromatic heterocycles. The largest absolute Gasteiger partial charge is 0.480 e. The molecule has 0 saturated carbocycles. The Morgan fingerprint density at radius 1 is 0.575 bits per heavy atom. The second-order valence-electron chi connectivity index (χ2n) is 25.8. The van der Waals surface area contributed by atoms with E-state index in [4.69, 9.17) is 34.6 Å². The van der Waals surface area contributed by atoms with E-state index in [0.29, 0.717) is 42.6 Å². The maximum atomic E-state index is 13.8. The van der Waals surface area contributed by atoms with Crippen molar-refractivity contribution in [3.8, 4) is 142 Å². The summed E-state index contributed by atoms with van der Waals surface area (Å²) in [5.74, 6) is 55.9. The summed E-state index contributed by atoms with van der Waals surface area (Å²) in [6, 6.07) is 1.92. The molecule has 15 N–H and O–H groups in total. The minimum atomic E-state index is -1.87. The van der Waals surface area contributed by atoms with Gasteiger partial charge >= 0.3 is 18.1 Å². The number of nitrogens with one attached hydrogen (secondary N) is 7. The number of benzene rings is 1. The molecule has 1 aliphatic heterocycles. The molecule has 0 spiro atoms. The van der Waals surface area contributed by atoms with Gasteiger partial charge in [-0.25, -0.2) is 14.4 Å². The van der Waals surface area contributed by atoms with Crippen molar-refractivity contribution in [2.45, 2.75) is 244 Å². The molecule has 1 heterocycles. The van der Waals surface area contributed by atoms with Gasteiger partial charge in [0.1, 0.15) is 55.8 Å². The predicted octanol–water partition coefficient (Wildman–Crippen LogP) is 3.45. The molecule has 604 valence electrons. The zero-order valence-corrected chi connectivity index (χ0v) is 64.9. The number of aliphatic carboxylic acids is 1. The zero-order chi connectivity index (χ0) is 82.9. The molecule has 0 radical (unpaired) electrons. The number of rotatable bonds is 49. The number of ether oxygens (including phenoxy) is 4. The topological polar surface area (TPSA) is 427 Å². The number of nitrogens with two attached hydrogens (primary N) is 1. The van der Waals surface area contributed by atoms with E-state index in [1.165, 1.54) is 50.7 Å². The van der Waals surface area contributed by atoms with Crippen LogP contribution in [0.5, 0.6) is 0 Å². The molecule has 2 rings (SSSR count). The fraction of sp³-hybridized carbons (Fsp3) is 0.541. The first-order chi connectivity index (χ1) is 54.6. The van der Waals surface area contributed by atoms with E-state index in [9.17, 15) is 63.9 Å². The number of carboxylic acid groups (broad SMARTS) is 1. The molecule has 1 saturated heterocycles. The number of oxime groups is 1. The van der Waals surface area contributed by atoms with Crippen LogP contribution in [0.4, 0.5) is 15.3 Å². The second kappa shape index (κ2) is 63.1. The molecular formula is C85H105N9O19. The van der Waals surface area contributed by atoms with Gasteiger partial charge in [0, 0.05) is 67.3 Å². The van der Waals surface area contributed by atoms with Crippen molar-refractivity contribution in [1.82, 2.24) is 31.9 Å². The number of carbonyl (C=O) groups is 8. The first kappa shape index (κ1) is 97.5. The van der Waals surface area contributed by atoms with Crippen LogP contribution in [0.1, 0.15) is 181 Å². The summed E-state index contributed by atoms with van der Waals surface area (Å²) in [5, 5.41) is 86.4. The summed E-state index contributed by atoms with van der Waals surface area (Å²) in [7, 11) is 0. The van der Waals surface area contributed by atoms with Crippen molar-refractivity contribution in [3.63, 3.8) is 0 Å². The third kappa shape index (κ3) is 50.1. The SMILES string of the molecule is CC#CC#CC#CC#CC#CC#CC#CC#CC#CC#CC#CC#CCC(=O)N[C@@H](CO[C@H]1OC(CNC(=O)OCc2ccc(NC(=O)[C@H](CCCNC(N)=O)NC(=O)[C@@H](NC(=O)CCCCCC/C(C)=N/OCC(=O)NCCOCC(=O)O)C(C)C)cc2)[C@H](O)[C@H](O)C1O)[C@H](O)[C@H](O)CCCCCCCCCCCCCC. The number of amides is 8. The average Bonchev–Trinajstić information content (AvgIpc) is 0.812.